The molecule has 1 aliphatic carbocycles. The van der Waals surface area contributed by atoms with Gasteiger partial charge in [-0.05, 0) is 36.1 Å². The molecule has 0 saturated heterocycles. The van der Waals surface area contributed by atoms with Gasteiger partial charge < -0.3 is 9.72 Å². The quantitative estimate of drug-likeness (QED) is 0.665. The molecule has 0 amide bonds. The summed E-state index contributed by atoms with van der Waals surface area (Å²) in [6, 6.07) is 5.66. The SMILES string of the molecule is COC(=O)c1cccc2[nH]c3c(c12)CCc1cn[nH]c1-3. The summed E-state index contributed by atoms with van der Waals surface area (Å²) in [5.41, 5.74) is 6.01. The summed E-state index contributed by atoms with van der Waals surface area (Å²) in [5.74, 6) is -0.298. The first-order chi connectivity index (χ1) is 9.79. The van der Waals surface area contributed by atoms with Gasteiger partial charge in [-0.2, -0.15) is 5.10 Å². The van der Waals surface area contributed by atoms with Crippen LogP contribution in [0.15, 0.2) is 24.4 Å². The molecule has 20 heavy (non-hydrogen) atoms. The van der Waals surface area contributed by atoms with Gasteiger partial charge in [0.1, 0.15) is 0 Å². The maximum Gasteiger partial charge on any atom is 0.338 e. The first-order valence-electron chi connectivity index (χ1n) is 6.54. The van der Waals surface area contributed by atoms with E-state index < -0.39 is 0 Å². The Bertz CT molecular complexity index is 829. The van der Waals surface area contributed by atoms with Gasteiger partial charge in [-0.25, -0.2) is 4.79 Å². The lowest BCUT2D eigenvalue weighted by Gasteiger charge is -2.12. The number of hydrogen-bond donors (Lipinski definition) is 2. The van der Waals surface area contributed by atoms with Crippen molar-refractivity contribution in [2.75, 3.05) is 7.11 Å². The third kappa shape index (κ3) is 1.37. The molecule has 100 valence electrons. The topological polar surface area (TPSA) is 70.8 Å². The molecular formula is C15H13N3O2. The van der Waals surface area contributed by atoms with E-state index in [0.717, 1.165) is 40.7 Å². The van der Waals surface area contributed by atoms with Crippen LogP contribution in [0, 0.1) is 0 Å². The molecule has 0 bridgehead atoms. The Balaban J connectivity index is 2.06. The van der Waals surface area contributed by atoms with Crippen molar-refractivity contribution in [2.24, 2.45) is 0 Å². The zero-order valence-corrected chi connectivity index (χ0v) is 11.0. The number of esters is 1. The molecule has 4 rings (SSSR count). The second kappa shape index (κ2) is 3.96. The summed E-state index contributed by atoms with van der Waals surface area (Å²) >= 11 is 0. The van der Waals surface area contributed by atoms with Crippen molar-refractivity contribution in [2.45, 2.75) is 12.8 Å². The number of ether oxygens (including phenoxy) is 1. The molecule has 2 N–H and O–H groups in total. The first-order valence-corrected chi connectivity index (χ1v) is 6.54. The van der Waals surface area contributed by atoms with Crippen LogP contribution >= 0.6 is 0 Å². The van der Waals surface area contributed by atoms with Gasteiger partial charge in [0.2, 0.25) is 0 Å². The van der Waals surface area contributed by atoms with Crippen LogP contribution in [0.1, 0.15) is 21.5 Å². The number of carbonyl (C=O) groups excluding carboxylic acids is 1. The molecule has 0 aliphatic heterocycles. The van der Waals surface area contributed by atoms with Crippen LogP contribution in [0.2, 0.25) is 0 Å². The van der Waals surface area contributed by atoms with E-state index in [1.807, 2.05) is 24.4 Å². The van der Waals surface area contributed by atoms with Crippen LogP contribution in [0.5, 0.6) is 0 Å². The van der Waals surface area contributed by atoms with Crippen molar-refractivity contribution in [3.05, 3.63) is 41.1 Å². The Hall–Kier alpha value is -2.56. The van der Waals surface area contributed by atoms with Crippen LogP contribution in [0.3, 0.4) is 0 Å². The van der Waals surface area contributed by atoms with E-state index in [1.165, 1.54) is 12.7 Å². The molecule has 2 aromatic heterocycles. The number of fused-ring (bicyclic) bond motifs is 5. The highest BCUT2D eigenvalue weighted by atomic mass is 16.5. The van der Waals surface area contributed by atoms with Crippen LogP contribution in [-0.4, -0.2) is 28.3 Å². The van der Waals surface area contributed by atoms with Crippen LogP contribution in [-0.2, 0) is 17.6 Å². The lowest BCUT2D eigenvalue weighted by Crippen LogP contribution is -2.05. The number of benzene rings is 1. The Kier molecular flexibility index (Phi) is 2.24. The van der Waals surface area contributed by atoms with Crippen molar-refractivity contribution in [3.8, 4) is 11.4 Å². The third-order valence-corrected chi connectivity index (χ3v) is 3.95. The molecule has 0 fully saturated rings. The fourth-order valence-electron chi connectivity index (χ4n) is 3.04. The Labute approximate surface area is 115 Å². The van der Waals surface area contributed by atoms with Crippen molar-refractivity contribution in [1.29, 1.82) is 0 Å². The normalized spacial score (nSPS) is 13.1. The molecular weight excluding hydrogens is 254 g/mol. The third-order valence-electron chi connectivity index (χ3n) is 3.95. The number of H-pyrrole nitrogens is 2. The molecule has 0 atom stereocenters. The predicted molar refractivity (Wildman–Crippen MR) is 74.6 cm³/mol. The number of methoxy groups -OCH3 is 1. The number of carbonyl (C=O) groups is 1. The van der Waals surface area contributed by atoms with E-state index in [2.05, 4.69) is 15.2 Å². The number of nitrogens with one attached hydrogen (secondary N) is 2. The zero-order chi connectivity index (χ0) is 13.7. The van der Waals surface area contributed by atoms with Gasteiger partial charge in [-0.1, -0.05) is 6.07 Å². The van der Waals surface area contributed by atoms with E-state index >= 15 is 0 Å². The predicted octanol–water partition coefficient (Wildman–Crippen LogP) is 2.44. The van der Waals surface area contributed by atoms with Crippen molar-refractivity contribution < 1.29 is 9.53 Å². The smallest absolute Gasteiger partial charge is 0.338 e. The number of aromatic amines is 2. The van der Waals surface area contributed by atoms with Crippen LogP contribution < -0.4 is 0 Å². The Morgan fingerprint density at radius 1 is 1.30 bits per heavy atom. The van der Waals surface area contributed by atoms with Crippen molar-refractivity contribution in [1.82, 2.24) is 15.2 Å². The van der Waals surface area contributed by atoms with Crippen LogP contribution in [0.4, 0.5) is 0 Å². The maximum absolute atomic E-state index is 12.0. The second-order valence-electron chi connectivity index (χ2n) is 4.97. The molecule has 0 saturated carbocycles. The standard InChI is InChI=1S/C15H13N3O2/c1-20-15(19)10-3-2-4-11-12(10)9-6-5-8-7-16-18-13(8)14(9)17-11/h2-4,7,17H,5-6H2,1H3,(H,16,18). The van der Waals surface area contributed by atoms with E-state index in [0.29, 0.717) is 5.56 Å². The number of aromatic nitrogens is 3. The van der Waals surface area contributed by atoms with E-state index in [4.69, 9.17) is 4.74 Å². The summed E-state index contributed by atoms with van der Waals surface area (Å²) in [6.45, 7) is 0. The molecule has 1 aromatic carbocycles. The van der Waals surface area contributed by atoms with Crippen molar-refractivity contribution in [3.63, 3.8) is 0 Å². The van der Waals surface area contributed by atoms with Crippen LogP contribution in [0.25, 0.3) is 22.3 Å². The highest BCUT2D eigenvalue weighted by molar-refractivity contribution is 6.07. The first kappa shape index (κ1) is 11.3. The summed E-state index contributed by atoms with van der Waals surface area (Å²) in [5, 5.41) is 8.12. The average Bonchev–Trinajstić information content (AvgIpc) is 3.09. The Morgan fingerprint density at radius 3 is 3.05 bits per heavy atom. The van der Waals surface area contributed by atoms with Gasteiger partial charge in [0.15, 0.2) is 0 Å². The van der Waals surface area contributed by atoms with Gasteiger partial charge in [-0.15, -0.1) is 0 Å². The van der Waals surface area contributed by atoms with E-state index in [1.54, 1.807) is 0 Å². The summed E-state index contributed by atoms with van der Waals surface area (Å²) in [4.78, 5) is 15.3. The van der Waals surface area contributed by atoms with Gasteiger partial charge in [0.25, 0.3) is 0 Å². The largest absolute Gasteiger partial charge is 0.465 e. The lowest BCUT2D eigenvalue weighted by molar-refractivity contribution is 0.0603. The summed E-state index contributed by atoms with van der Waals surface area (Å²) in [6.07, 6.45) is 3.70. The molecule has 3 aromatic rings. The molecule has 5 heteroatoms. The van der Waals surface area contributed by atoms with Gasteiger partial charge >= 0.3 is 5.97 Å². The van der Waals surface area contributed by atoms with Gasteiger partial charge in [0, 0.05) is 10.9 Å². The minimum Gasteiger partial charge on any atom is -0.465 e. The fraction of sp³-hybridized carbons (Fsp3) is 0.200. The number of hydrogen-bond acceptors (Lipinski definition) is 3. The molecule has 5 nitrogen and oxygen atoms in total. The zero-order valence-electron chi connectivity index (χ0n) is 11.0. The minimum absolute atomic E-state index is 0.298. The van der Waals surface area contributed by atoms with E-state index in [-0.39, 0.29) is 5.97 Å². The number of nitrogens with zero attached hydrogens (tertiary/aromatic N) is 1. The summed E-state index contributed by atoms with van der Waals surface area (Å²) in [7, 11) is 1.41. The van der Waals surface area contributed by atoms with Gasteiger partial charge in [-0.3, -0.25) is 5.10 Å². The molecule has 0 radical (unpaired) electrons. The average molecular weight is 267 g/mol. The number of aryl methyl sites for hydroxylation is 2. The molecule has 1 aliphatic rings. The summed E-state index contributed by atoms with van der Waals surface area (Å²) < 4.78 is 4.89. The fourth-order valence-corrected chi connectivity index (χ4v) is 3.04. The van der Waals surface area contributed by atoms with Crippen molar-refractivity contribution >= 4 is 16.9 Å². The molecule has 2 heterocycles. The molecule has 0 spiro atoms. The van der Waals surface area contributed by atoms with Gasteiger partial charge in [0.05, 0.1) is 30.3 Å². The second-order valence-corrected chi connectivity index (χ2v) is 4.97. The lowest BCUT2D eigenvalue weighted by atomic mass is 9.92. The molecule has 0 unspecified atom stereocenters. The monoisotopic (exact) mass is 267 g/mol. The van der Waals surface area contributed by atoms with E-state index in [9.17, 15) is 4.79 Å². The highest BCUT2D eigenvalue weighted by Crippen LogP contribution is 2.37. The number of rotatable bonds is 1. The maximum atomic E-state index is 12.0. The Morgan fingerprint density at radius 2 is 2.20 bits per heavy atom. The highest BCUT2D eigenvalue weighted by Gasteiger charge is 2.25. The minimum atomic E-state index is -0.298.